The fraction of sp³-hybridized carbons (Fsp3) is 0.500. The van der Waals surface area contributed by atoms with Crippen LogP contribution in [-0.4, -0.2) is 42.0 Å². The molecule has 0 aromatic heterocycles. The number of hydrogen-bond acceptors (Lipinski definition) is 4. The molecule has 0 unspecified atom stereocenters. The van der Waals surface area contributed by atoms with Crippen molar-refractivity contribution < 1.29 is 19.1 Å². The van der Waals surface area contributed by atoms with Gasteiger partial charge in [-0.05, 0) is 44.0 Å². The van der Waals surface area contributed by atoms with E-state index in [-0.39, 0.29) is 18.6 Å². The number of hydrogen-bond donors (Lipinski definition) is 2. The Kier molecular flexibility index (Phi) is 6.80. The third-order valence-corrected chi connectivity index (χ3v) is 4.39. The smallest absolute Gasteiger partial charge is 0.338 e. The molecule has 1 aromatic rings. The van der Waals surface area contributed by atoms with E-state index in [1.807, 2.05) is 11.8 Å². The SMILES string of the molecule is CCN(C(=O)COC(=O)c1ccc(NC(N)=O)cc1)C1CCCCC1. The topological polar surface area (TPSA) is 102 Å². The number of carbonyl (C=O) groups is 3. The lowest BCUT2D eigenvalue weighted by molar-refractivity contribution is -0.137. The van der Waals surface area contributed by atoms with Crippen molar-refractivity contribution >= 4 is 23.6 Å². The number of esters is 1. The molecule has 0 bridgehead atoms. The number of rotatable bonds is 6. The van der Waals surface area contributed by atoms with E-state index in [0.717, 1.165) is 25.7 Å². The molecule has 1 fully saturated rings. The maximum absolute atomic E-state index is 12.4. The van der Waals surface area contributed by atoms with Crippen molar-refractivity contribution in [2.45, 2.75) is 45.1 Å². The molecule has 0 saturated heterocycles. The van der Waals surface area contributed by atoms with Crippen molar-refractivity contribution in [2.75, 3.05) is 18.5 Å². The number of ether oxygens (including phenoxy) is 1. The molecule has 1 aromatic carbocycles. The van der Waals surface area contributed by atoms with Crippen LogP contribution in [0.15, 0.2) is 24.3 Å². The Hall–Kier alpha value is -2.57. The van der Waals surface area contributed by atoms with Gasteiger partial charge in [0.25, 0.3) is 5.91 Å². The molecule has 3 N–H and O–H groups in total. The van der Waals surface area contributed by atoms with E-state index in [2.05, 4.69) is 5.32 Å². The molecular weight excluding hydrogens is 322 g/mol. The molecule has 0 spiro atoms. The number of nitrogens with two attached hydrogens (primary N) is 1. The summed E-state index contributed by atoms with van der Waals surface area (Å²) in [6.07, 6.45) is 5.53. The molecule has 25 heavy (non-hydrogen) atoms. The van der Waals surface area contributed by atoms with Crippen molar-refractivity contribution in [3.8, 4) is 0 Å². The van der Waals surface area contributed by atoms with Crippen LogP contribution >= 0.6 is 0 Å². The Morgan fingerprint density at radius 3 is 2.36 bits per heavy atom. The summed E-state index contributed by atoms with van der Waals surface area (Å²) in [5.41, 5.74) is 5.81. The standard InChI is InChI=1S/C18H25N3O4/c1-2-21(15-6-4-3-5-7-15)16(22)12-25-17(23)13-8-10-14(11-9-13)20-18(19)24/h8-11,15H,2-7,12H2,1H3,(H3,19,20,24). The van der Waals surface area contributed by atoms with Gasteiger partial charge >= 0.3 is 12.0 Å². The minimum Gasteiger partial charge on any atom is -0.452 e. The number of carbonyl (C=O) groups excluding carboxylic acids is 3. The zero-order valence-corrected chi connectivity index (χ0v) is 14.5. The highest BCUT2D eigenvalue weighted by Gasteiger charge is 2.24. The molecule has 1 aliphatic rings. The second-order valence-corrected chi connectivity index (χ2v) is 6.11. The summed E-state index contributed by atoms with van der Waals surface area (Å²) >= 11 is 0. The molecule has 0 atom stereocenters. The molecule has 0 radical (unpaired) electrons. The lowest BCUT2D eigenvalue weighted by atomic mass is 9.94. The number of amides is 3. The van der Waals surface area contributed by atoms with E-state index in [1.165, 1.54) is 18.6 Å². The van der Waals surface area contributed by atoms with Gasteiger partial charge in [-0.2, -0.15) is 0 Å². The molecule has 7 nitrogen and oxygen atoms in total. The average Bonchev–Trinajstić information content (AvgIpc) is 2.61. The van der Waals surface area contributed by atoms with Gasteiger partial charge in [0.1, 0.15) is 0 Å². The van der Waals surface area contributed by atoms with E-state index >= 15 is 0 Å². The first-order valence-electron chi connectivity index (χ1n) is 8.64. The first kappa shape index (κ1) is 18.8. The highest BCUT2D eigenvalue weighted by Crippen LogP contribution is 2.22. The Morgan fingerprint density at radius 1 is 1.16 bits per heavy atom. The van der Waals surface area contributed by atoms with Crippen LogP contribution in [-0.2, 0) is 9.53 Å². The summed E-state index contributed by atoms with van der Waals surface area (Å²) in [7, 11) is 0. The molecular formula is C18H25N3O4. The number of benzene rings is 1. The summed E-state index contributed by atoms with van der Waals surface area (Å²) in [5, 5.41) is 2.41. The summed E-state index contributed by atoms with van der Waals surface area (Å²) in [6, 6.07) is 5.69. The van der Waals surface area contributed by atoms with E-state index in [0.29, 0.717) is 17.8 Å². The number of likely N-dealkylation sites (N-methyl/N-ethyl adjacent to an activating group) is 1. The number of nitrogens with zero attached hydrogens (tertiary/aromatic N) is 1. The second-order valence-electron chi connectivity index (χ2n) is 6.11. The number of nitrogens with one attached hydrogen (secondary N) is 1. The molecule has 136 valence electrons. The third-order valence-electron chi connectivity index (χ3n) is 4.39. The van der Waals surface area contributed by atoms with Crippen LogP contribution in [0, 0.1) is 0 Å². The quantitative estimate of drug-likeness (QED) is 0.772. The summed E-state index contributed by atoms with van der Waals surface area (Å²) in [5.74, 6) is -0.728. The van der Waals surface area contributed by atoms with Crippen molar-refractivity contribution in [2.24, 2.45) is 5.73 Å². The van der Waals surface area contributed by atoms with E-state index < -0.39 is 12.0 Å². The zero-order chi connectivity index (χ0) is 18.2. The van der Waals surface area contributed by atoms with Crippen LogP contribution in [0.4, 0.5) is 10.5 Å². The number of anilines is 1. The maximum atomic E-state index is 12.4. The van der Waals surface area contributed by atoms with E-state index in [4.69, 9.17) is 10.5 Å². The largest absolute Gasteiger partial charge is 0.452 e. The van der Waals surface area contributed by atoms with Gasteiger partial charge < -0.3 is 20.7 Å². The molecule has 0 aliphatic heterocycles. The zero-order valence-electron chi connectivity index (χ0n) is 14.5. The van der Waals surface area contributed by atoms with Crippen LogP contribution < -0.4 is 11.1 Å². The van der Waals surface area contributed by atoms with Crippen LogP contribution in [0.1, 0.15) is 49.4 Å². The Bertz CT molecular complexity index is 609. The molecule has 0 heterocycles. The summed E-state index contributed by atoms with van der Waals surface area (Å²) in [4.78, 5) is 37.0. The fourth-order valence-electron chi connectivity index (χ4n) is 3.16. The highest BCUT2D eigenvalue weighted by atomic mass is 16.5. The molecule has 7 heteroatoms. The molecule has 2 rings (SSSR count). The van der Waals surface area contributed by atoms with E-state index in [9.17, 15) is 14.4 Å². The van der Waals surface area contributed by atoms with Crippen molar-refractivity contribution in [3.63, 3.8) is 0 Å². The Labute approximate surface area is 147 Å². The minimum absolute atomic E-state index is 0.158. The van der Waals surface area contributed by atoms with Gasteiger partial charge in [-0.15, -0.1) is 0 Å². The van der Waals surface area contributed by atoms with Crippen LogP contribution in [0.2, 0.25) is 0 Å². The number of primary amides is 1. The van der Waals surface area contributed by atoms with Crippen molar-refractivity contribution in [1.82, 2.24) is 4.90 Å². The van der Waals surface area contributed by atoms with Gasteiger partial charge in [0.15, 0.2) is 6.61 Å². The first-order chi connectivity index (χ1) is 12.0. The summed E-state index contributed by atoms with van der Waals surface area (Å²) < 4.78 is 5.14. The van der Waals surface area contributed by atoms with Crippen molar-refractivity contribution in [1.29, 1.82) is 0 Å². The predicted molar refractivity (Wildman–Crippen MR) is 94.2 cm³/mol. The van der Waals surface area contributed by atoms with Gasteiger partial charge in [-0.25, -0.2) is 9.59 Å². The van der Waals surface area contributed by atoms with Crippen LogP contribution in [0.25, 0.3) is 0 Å². The predicted octanol–water partition coefficient (Wildman–Crippen LogP) is 2.52. The Balaban J connectivity index is 1.87. The van der Waals surface area contributed by atoms with Crippen LogP contribution in [0.5, 0.6) is 0 Å². The van der Waals surface area contributed by atoms with Crippen LogP contribution in [0.3, 0.4) is 0 Å². The van der Waals surface area contributed by atoms with Gasteiger partial charge in [0.2, 0.25) is 0 Å². The minimum atomic E-state index is -0.678. The Morgan fingerprint density at radius 2 is 1.80 bits per heavy atom. The molecule has 1 aliphatic carbocycles. The third kappa shape index (κ3) is 5.48. The molecule has 1 saturated carbocycles. The lowest BCUT2D eigenvalue weighted by Gasteiger charge is -2.33. The maximum Gasteiger partial charge on any atom is 0.338 e. The average molecular weight is 347 g/mol. The number of urea groups is 1. The van der Waals surface area contributed by atoms with E-state index in [1.54, 1.807) is 12.1 Å². The van der Waals surface area contributed by atoms with Gasteiger partial charge in [-0.1, -0.05) is 19.3 Å². The van der Waals surface area contributed by atoms with Gasteiger partial charge in [-0.3, -0.25) is 4.79 Å². The second kappa shape index (κ2) is 9.05. The van der Waals surface area contributed by atoms with Crippen molar-refractivity contribution in [3.05, 3.63) is 29.8 Å². The highest BCUT2D eigenvalue weighted by molar-refractivity contribution is 5.93. The molecule has 3 amide bonds. The normalized spacial score (nSPS) is 14.6. The first-order valence-corrected chi connectivity index (χ1v) is 8.64. The van der Waals surface area contributed by atoms with Gasteiger partial charge in [0.05, 0.1) is 5.56 Å². The summed E-state index contributed by atoms with van der Waals surface area (Å²) in [6.45, 7) is 2.30. The monoisotopic (exact) mass is 347 g/mol. The van der Waals surface area contributed by atoms with Gasteiger partial charge in [0, 0.05) is 18.3 Å². The lowest BCUT2D eigenvalue weighted by Crippen LogP contribution is -2.43. The fourth-order valence-corrected chi connectivity index (χ4v) is 3.16.